The molecule has 0 aromatic carbocycles. The Kier molecular flexibility index (Phi) is 2.77. The first kappa shape index (κ1) is 11.1. The largest absolute Gasteiger partial charge is 0.370 e. The minimum Gasteiger partial charge on any atom is -0.370 e. The number of hydrogen-bond acceptors (Lipinski definition) is 6. The summed E-state index contributed by atoms with van der Waals surface area (Å²) < 4.78 is 0. The average Bonchev–Trinajstić information content (AvgIpc) is 2.63. The summed E-state index contributed by atoms with van der Waals surface area (Å²) in [5, 5.41) is 10.3. The van der Waals surface area contributed by atoms with Crippen LogP contribution in [0.5, 0.6) is 0 Å². The van der Waals surface area contributed by atoms with E-state index in [0.29, 0.717) is 11.5 Å². The Bertz CT molecular complexity index is 549. The van der Waals surface area contributed by atoms with Crippen LogP contribution in [0.2, 0.25) is 0 Å². The van der Waals surface area contributed by atoms with Crippen molar-refractivity contribution < 1.29 is 4.79 Å². The van der Waals surface area contributed by atoms with Crippen LogP contribution in [0.3, 0.4) is 0 Å². The maximum Gasteiger partial charge on any atom is 0.224 e. The summed E-state index contributed by atoms with van der Waals surface area (Å²) in [6.07, 6.45) is 1.80. The molecule has 0 aliphatic heterocycles. The summed E-state index contributed by atoms with van der Waals surface area (Å²) in [6.45, 7) is 1.83. The zero-order valence-electron chi connectivity index (χ0n) is 9.27. The smallest absolute Gasteiger partial charge is 0.224 e. The van der Waals surface area contributed by atoms with Crippen LogP contribution in [0.15, 0.2) is 6.20 Å². The van der Waals surface area contributed by atoms with E-state index >= 15 is 0 Å². The minimum absolute atomic E-state index is 0.135. The molecule has 17 heavy (non-hydrogen) atoms. The first-order valence-electron chi connectivity index (χ1n) is 5.07. The molecule has 2 aromatic rings. The Balaban J connectivity index is 2.28. The maximum absolute atomic E-state index is 10.8. The highest BCUT2D eigenvalue weighted by molar-refractivity contribution is 5.87. The van der Waals surface area contributed by atoms with Crippen LogP contribution in [0.1, 0.15) is 13.3 Å². The molecule has 0 saturated heterocycles. The second-order valence-corrected chi connectivity index (χ2v) is 3.78. The Hall–Kier alpha value is -2.38. The van der Waals surface area contributed by atoms with Gasteiger partial charge in [0.25, 0.3) is 0 Å². The number of aromatic amines is 1. The highest BCUT2D eigenvalue weighted by Crippen LogP contribution is 2.19. The van der Waals surface area contributed by atoms with Gasteiger partial charge in [0.1, 0.15) is 5.82 Å². The standard InChI is InChI=1S/C9H13N7O/c1-4(2-6(10)17)13-7-5-3-12-16-8(5)15-9(11)14-7/h3-4H,2H2,1H3,(H2,10,17)(H4,11,12,13,14,15,16). The molecule has 0 saturated carbocycles. The number of nitrogens with one attached hydrogen (secondary N) is 2. The predicted molar refractivity (Wildman–Crippen MR) is 63.0 cm³/mol. The van der Waals surface area contributed by atoms with Crippen LogP contribution in [0, 0.1) is 0 Å². The number of fused-ring (bicyclic) bond motifs is 1. The second-order valence-electron chi connectivity index (χ2n) is 3.78. The van der Waals surface area contributed by atoms with Gasteiger partial charge in [-0.15, -0.1) is 0 Å². The summed E-state index contributed by atoms with van der Waals surface area (Å²) in [4.78, 5) is 18.8. The van der Waals surface area contributed by atoms with Crippen molar-refractivity contribution in [2.24, 2.45) is 5.73 Å². The highest BCUT2D eigenvalue weighted by Gasteiger charge is 2.11. The van der Waals surface area contributed by atoms with Crippen LogP contribution in [0.4, 0.5) is 11.8 Å². The summed E-state index contributed by atoms with van der Waals surface area (Å²) in [6, 6.07) is -0.139. The Morgan fingerprint density at radius 1 is 1.59 bits per heavy atom. The Morgan fingerprint density at radius 2 is 2.35 bits per heavy atom. The number of rotatable bonds is 4. The number of primary amides is 1. The van der Waals surface area contributed by atoms with Gasteiger partial charge in [-0.25, -0.2) is 0 Å². The molecule has 0 bridgehead atoms. The van der Waals surface area contributed by atoms with Gasteiger partial charge in [0.05, 0.1) is 11.6 Å². The third-order valence-electron chi connectivity index (χ3n) is 2.22. The van der Waals surface area contributed by atoms with Crippen LogP contribution in [-0.2, 0) is 4.79 Å². The van der Waals surface area contributed by atoms with Gasteiger partial charge in [0.2, 0.25) is 11.9 Å². The molecule has 8 nitrogen and oxygen atoms in total. The number of nitrogen functional groups attached to an aromatic ring is 1. The Labute approximate surface area is 96.8 Å². The van der Waals surface area contributed by atoms with Crippen molar-refractivity contribution in [2.45, 2.75) is 19.4 Å². The summed E-state index contributed by atoms with van der Waals surface area (Å²) in [5.74, 6) is 0.293. The topological polar surface area (TPSA) is 136 Å². The van der Waals surface area contributed by atoms with Gasteiger partial charge < -0.3 is 16.8 Å². The zero-order valence-corrected chi connectivity index (χ0v) is 9.27. The van der Waals surface area contributed by atoms with E-state index in [1.54, 1.807) is 6.20 Å². The molecule has 8 heteroatoms. The van der Waals surface area contributed by atoms with Crippen molar-refractivity contribution >= 4 is 28.7 Å². The summed E-state index contributed by atoms with van der Waals surface area (Å²) in [7, 11) is 0. The molecular formula is C9H13N7O. The molecule has 90 valence electrons. The van der Waals surface area contributed by atoms with E-state index < -0.39 is 0 Å². The lowest BCUT2D eigenvalue weighted by Crippen LogP contribution is -2.24. The SMILES string of the molecule is CC(CC(N)=O)Nc1nc(N)nc2[nH]ncc12. The van der Waals surface area contributed by atoms with Gasteiger partial charge >= 0.3 is 0 Å². The fourth-order valence-corrected chi connectivity index (χ4v) is 1.55. The predicted octanol–water partition coefficient (Wildman–Crippen LogP) is -0.389. The van der Waals surface area contributed by atoms with Gasteiger partial charge in [-0.1, -0.05) is 0 Å². The monoisotopic (exact) mass is 235 g/mol. The number of aromatic nitrogens is 4. The van der Waals surface area contributed by atoms with Crippen molar-refractivity contribution in [3.63, 3.8) is 0 Å². The molecule has 0 spiro atoms. The quantitative estimate of drug-likeness (QED) is 0.569. The summed E-state index contributed by atoms with van der Waals surface area (Å²) in [5.41, 5.74) is 11.2. The number of H-pyrrole nitrogens is 1. The number of carbonyl (C=O) groups excluding carboxylic acids is 1. The molecule has 0 radical (unpaired) electrons. The van der Waals surface area contributed by atoms with Gasteiger partial charge in [0, 0.05) is 12.5 Å². The fourth-order valence-electron chi connectivity index (χ4n) is 1.55. The number of amides is 1. The van der Waals surface area contributed by atoms with Crippen LogP contribution >= 0.6 is 0 Å². The van der Waals surface area contributed by atoms with Crippen molar-refractivity contribution in [2.75, 3.05) is 11.1 Å². The zero-order chi connectivity index (χ0) is 12.4. The van der Waals surface area contributed by atoms with E-state index in [0.717, 1.165) is 5.39 Å². The van der Waals surface area contributed by atoms with Gasteiger partial charge in [-0.3, -0.25) is 9.89 Å². The van der Waals surface area contributed by atoms with E-state index in [1.165, 1.54) is 0 Å². The molecule has 1 atom stereocenters. The van der Waals surface area contributed by atoms with Crippen LogP contribution in [-0.4, -0.2) is 32.1 Å². The Morgan fingerprint density at radius 3 is 3.06 bits per heavy atom. The molecular weight excluding hydrogens is 222 g/mol. The third kappa shape index (κ3) is 2.41. The lowest BCUT2D eigenvalue weighted by molar-refractivity contribution is -0.118. The highest BCUT2D eigenvalue weighted by atomic mass is 16.1. The second kappa shape index (κ2) is 4.24. The third-order valence-corrected chi connectivity index (χ3v) is 2.22. The van der Waals surface area contributed by atoms with Crippen molar-refractivity contribution in [3.8, 4) is 0 Å². The van der Waals surface area contributed by atoms with Crippen LogP contribution in [0.25, 0.3) is 11.0 Å². The van der Waals surface area contributed by atoms with E-state index in [9.17, 15) is 4.79 Å². The van der Waals surface area contributed by atoms with E-state index in [2.05, 4.69) is 25.5 Å². The van der Waals surface area contributed by atoms with Gasteiger partial charge in [0.15, 0.2) is 5.65 Å². The van der Waals surface area contributed by atoms with E-state index in [1.807, 2.05) is 6.92 Å². The normalized spacial score (nSPS) is 12.5. The number of carbonyl (C=O) groups is 1. The average molecular weight is 235 g/mol. The van der Waals surface area contributed by atoms with Crippen molar-refractivity contribution in [3.05, 3.63) is 6.20 Å². The maximum atomic E-state index is 10.8. The first-order valence-corrected chi connectivity index (χ1v) is 5.07. The first-order chi connectivity index (χ1) is 8.06. The minimum atomic E-state index is -0.379. The molecule has 6 N–H and O–H groups in total. The molecule has 0 aliphatic rings. The number of nitrogens with zero attached hydrogens (tertiary/aromatic N) is 3. The van der Waals surface area contributed by atoms with Gasteiger partial charge in [-0.05, 0) is 6.92 Å². The molecule has 2 aromatic heterocycles. The van der Waals surface area contributed by atoms with Crippen molar-refractivity contribution in [1.82, 2.24) is 20.2 Å². The number of hydrogen-bond donors (Lipinski definition) is 4. The van der Waals surface area contributed by atoms with Crippen LogP contribution < -0.4 is 16.8 Å². The molecule has 1 amide bonds. The lowest BCUT2D eigenvalue weighted by Gasteiger charge is -2.13. The van der Waals surface area contributed by atoms with Gasteiger partial charge in [-0.2, -0.15) is 15.1 Å². The number of anilines is 2. The lowest BCUT2D eigenvalue weighted by atomic mass is 10.2. The molecule has 1 unspecified atom stereocenters. The number of nitrogens with two attached hydrogens (primary N) is 2. The molecule has 0 fully saturated rings. The molecule has 2 rings (SSSR count). The van der Waals surface area contributed by atoms with E-state index in [-0.39, 0.29) is 24.3 Å². The fraction of sp³-hybridized carbons (Fsp3) is 0.333. The van der Waals surface area contributed by atoms with E-state index in [4.69, 9.17) is 11.5 Å². The summed E-state index contributed by atoms with van der Waals surface area (Å²) >= 11 is 0. The molecule has 0 aliphatic carbocycles. The van der Waals surface area contributed by atoms with Crippen molar-refractivity contribution in [1.29, 1.82) is 0 Å². The molecule has 2 heterocycles.